The Hall–Kier alpha value is -0.770. The zero-order valence-electron chi connectivity index (χ0n) is 10.3. The molecule has 1 aliphatic heterocycles. The van der Waals surface area contributed by atoms with E-state index in [0.29, 0.717) is 5.96 Å². The topological polar surface area (TPSA) is 53.6 Å². The van der Waals surface area contributed by atoms with Crippen molar-refractivity contribution in [2.24, 2.45) is 16.6 Å². The number of nitrogens with one attached hydrogen (secondary N) is 1. The molecule has 2 rings (SSSR count). The molecule has 1 saturated heterocycles. The number of hydrogen-bond acceptors (Lipinski definition) is 2. The number of nitrogens with zero attached hydrogens (tertiary/aromatic N) is 2. The largest absolute Gasteiger partial charge is 0.370 e. The highest BCUT2D eigenvalue weighted by atomic mass is 15.2. The van der Waals surface area contributed by atoms with E-state index in [1.54, 1.807) is 0 Å². The Bertz CT molecular complexity index is 247. The van der Waals surface area contributed by atoms with Gasteiger partial charge in [0.1, 0.15) is 0 Å². The third-order valence-corrected chi connectivity index (χ3v) is 3.46. The van der Waals surface area contributed by atoms with E-state index in [-0.39, 0.29) is 0 Å². The average Bonchev–Trinajstić information content (AvgIpc) is 3.03. The summed E-state index contributed by atoms with van der Waals surface area (Å²) in [5.74, 6) is 1.34. The Labute approximate surface area is 98.3 Å². The summed E-state index contributed by atoms with van der Waals surface area (Å²) in [5, 5.41) is 3.12. The Morgan fingerprint density at radius 1 is 1.44 bits per heavy atom. The van der Waals surface area contributed by atoms with Crippen LogP contribution in [0.4, 0.5) is 0 Å². The number of nitrogens with two attached hydrogens (primary N) is 1. The minimum atomic E-state index is 0.617. The molecule has 0 aromatic heterocycles. The van der Waals surface area contributed by atoms with Crippen LogP contribution in [0, 0.1) is 5.92 Å². The molecule has 2 fully saturated rings. The maximum atomic E-state index is 5.77. The lowest BCUT2D eigenvalue weighted by molar-refractivity contribution is 0.315. The predicted molar refractivity (Wildman–Crippen MR) is 67.5 cm³/mol. The second-order valence-electron chi connectivity index (χ2n) is 5.03. The van der Waals surface area contributed by atoms with Gasteiger partial charge in [-0.05, 0) is 38.1 Å². The molecule has 1 saturated carbocycles. The van der Waals surface area contributed by atoms with Crippen molar-refractivity contribution in [1.82, 2.24) is 10.2 Å². The summed E-state index contributed by atoms with van der Waals surface area (Å²) in [5.41, 5.74) is 5.77. The van der Waals surface area contributed by atoms with E-state index in [2.05, 4.69) is 22.1 Å². The number of aliphatic imine (C=N–C) groups is 1. The van der Waals surface area contributed by atoms with E-state index in [0.717, 1.165) is 31.5 Å². The molecule has 0 aromatic carbocycles. The zero-order chi connectivity index (χ0) is 11.4. The molecule has 4 heteroatoms. The first-order chi connectivity index (χ1) is 7.79. The summed E-state index contributed by atoms with van der Waals surface area (Å²) in [4.78, 5) is 7.04. The number of likely N-dealkylation sites (tertiary alicyclic amines) is 1. The average molecular weight is 224 g/mol. The third kappa shape index (κ3) is 3.37. The van der Waals surface area contributed by atoms with Gasteiger partial charge in [-0.2, -0.15) is 0 Å². The first kappa shape index (κ1) is 11.7. The Kier molecular flexibility index (Phi) is 4.04. The van der Waals surface area contributed by atoms with E-state index in [1.807, 2.05) is 0 Å². The third-order valence-electron chi connectivity index (χ3n) is 3.46. The van der Waals surface area contributed by atoms with Gasteiger partial charge in [0.15, 0.2) is 5.96 Å². The fourth-order valence-electron chi connectivity index (χ4n) is 2.32. The van der Waals surface area contributed by atoms with Crippen LogP contribution in [0.25, 0.3) is 0 Å². The molecule has 2 aliphatic rings. The molecule has 3 N–H and O–H groups in total. The number of rotatable bonds is 5. The molecule has 1 heterocycles. The second-order valence-corrected chi connectivity index (χ2v) is 5.03. The molecule has 1 atom stereocenters. The van der Waals surface area contributed by atoms with Crippen LogP contribution in [0.2, 0.25) is 0 Å². The molecule has 1 unspecified atom stereocenters. The zero-order valence-corrected chi connectivity index (χ0v) is 10.3. The van der Waals surface area contributed by atoms with Gasteiger partial charge < -0.3 is 16.0 Å². The lowest BCUT2D eigenvalue weighted by atomic mass is 10.1. The molecular formula is C12H24N4. The van der Waals surface area contributed by atoms with Crippen LogP contribution in [0.15, 0.2) is 4.99 Å². The van der Waals surface area contributed by atoms with E-state index >= 15 is 0 Å². The summed E-state index contributed by atoms with van der Waals surface area (Å²) >= 11 is 0. The Morgan fingerprint density at radius 3 is 2.94 bits per heavy atom. The number of hydrogen-bond donors (Lipinski definition) is 2. The molecule has 1 aliphatic carbocycles. The van der Waals surface area contributed by atoms with Crippen LogP contribution >= 0.6 is 0 Å². The lowest BCUT2D eigenvalue weighted by Gasteiger charge is -2.13. The summed E-state index contributed by atoms with van der Waals surface area (Å²) in [7, 11) is 0. The molecule has 0 spiro atoms. The minimum absolute atomic E-state index is 0.617. The van der Waals surface area contributed by atoms with E-state index in [1.165, 1.54) is 32.4 Å². The highest BCUT2D eigenvalue weighted by Gasteiger charge is 2.34. The van der Waals surface area contributed by atoms with Gasteiger partial charge in [0.25, 0.3) is 0 Å². The van der Waals surface area contributed by atoms with E-state index < -0.39 is 0 Å². The summed E-state index contributed by atoms with van der Waals surface area (Å²) in [6.45, 7) is 6.45. The highest BCUT2D eigenvalue weighted by Crippen LogP contribution is 2.31. The van der Waals surface area contributed by atoms with Crippen molar-refractivity contribution in [3.8, 4) is 0 Å². The standard InChI is InChI=1S/C12H24N4/c1-2-6-14-12(13)15-8-10-5-7-16(9-10)11-3-4-11/h10-11H,2-9H2,1H3,(H3,13,14,15). The van der Waals surface area contributed by atoms with E-state index in [9.17, 15) is 0 Å². The summed E-state index contributed by atoms with van der Waals surface area (Å²) < 4.78 is 0. The van der Waals surface area contributed by atoms with Gasteiger partial charge in [-0.3, -0.25) is 4.99 Å². The van der Waals surface area contributed by atoms with Crippen molar-refractivity contribution in [1.29, 1.82) is 0 Å². The molecular weight excluding hydrogens is 200 g/mol. The van der Waals surface area contributed by atoms with Gasteiger partial charge in [0.2, 0.25) is 0 Å². The molecule has 92 valence electrons. The van der Waals surface area contributed by atoms with Gasteiger partial charge >= 0.3 is 0 Å². The molecule has 16 heavy (non-hydrogen) atoms. The molecule has 0 amide bonds. The monoisotopic (exact) mass is 224 g/mol. The smallest absolute Gasteiger partial charge is 0.188 e. The SMILES string of the molecule is CCCNC(N)=NCC1CCN(C2CC2)C1. The van der Waals surface area contributed by atoms with Gasteiger partial charge in [-0.15, -0.1) is 0 Å². The Morgan fingerprint density at radius 2 is 2.25 bits per heavy atom. The fraction of sp³-hybridized carbons (Fsp3) is 0.917. The predicted octanol–water partition coefficient (Wildman–Crippen LogP) is 0.785. The van der Waals surface area contributed by atoms with E-state index in [4.69, 9.17) is 5.73 Å². The first-order valence-corrected chi connectivity index (χ1v) is 6.57. The van der Waals surface area contributed by atoms with Crippen LogP contribution in [0.1, 0.15) is 32.6 Å². The first-order valence-electron chi connectivity index (χ1n) is 6.57. The normalized spacial score (nSPS) is 27.3. The minimum Gasteiger partial charge on any atom is -0.370 e. The van der Waals surface area contributed by atoms with Crippen molar-refractivity contribution < 1.29 is 0 Å². The number of guanidine groups is 1. The van der Waals surface area contributed by atoms with Crippen LogP contribution < -0.4 is 11.1 Å². The van der Waals surface area contributed by atoms with Crippen LogP contribution in [-0.4, -0.2) is 43.1 Å². The maximum Gasteiger partial charge on any atom is 0.188 e. The van der Waals surface area contributed by atoms with Crippen molar-refractivity contribution >= 4 is 5.96 Å². The highest BCUT2D eigenvalue weighted by molar-refractivity contribution is 5.77. The maximum absolute atomic E-state index is 5.77. The molecule has 4 nitrogen and oxygen atoms in total. The van der Waals surface area contributed by atoms with Crippen LogP contribution in [0.3, 0.4) is 0 Å². The van der Waals surface area contributed by atoms with Crippen molar-refractivity contribution in [2.45, 2.75) is 38.6 Å². The van der Waals surface area contributed by atoms with Crippen molar-refractivity contribution in [3.05, 3.63) is 0 Å². The van der Waals surface area contributed by atoms with Crippen LogP contribution in [0.5, 0.6) is 0 Å². The molecule has 0 radical (unpaired) electrons. The molecule has 0 bridgehead atoms. The van der Waals surface area contributed by atoms with Crippen molar-refractivity contribution in [3.63, 3.8) is 0 Å². The summed E-state index contributed by atoms with van der Waals surface area (Å²) in [6, 6.07) is 0.907. The quantitative estimate of drug-likeness (QED) is 0.536. The summed E-state index contributed by atoms with van der Waals surface area (Å²) in [6.07, 6.45) is 5.21. The van der Waals surface area contributed by atoms with Gasteiger partial charge in [-0.25, -0.2) is 0 Å². The lowest BCUT2D eigenvalue weighted by Crippen LogP contribution is -2.33. The molecule has 0 aromatic rings. The van der Waals surface area contributed by atoms with Crippen LogP contribution in [-0.2, 0) is 0 Å². The van der Waals surface area contributed by atoms with Gasteiger partial charge in [0, 0.05) is 25.7 Å². The fourth-order valence-corrected chi connectivity index (χ4v) is 2.32. The van der Waals surface area contributed by atoms with Gasteiger partial charge in [0.05, 0.1) is 0 Å². The van der Waals surface area contributed by atoms with Crippen molar-refractivity contribution in [2.75, 3.05) is 26.2 Å². The Balaban J connectivity index is 1.65. The second kappa shape index (κ2) is 5.53. The van der Waals surface area contributed by atoms with Gasteiger partial charge in [-0.1, -0.05) is 6.92 Å².